The van der Waals surface area contributed by atoms with Gasteiger partial charge in [-0.1, -0.05) is 36.4 Å². The van der Waals surface area contributed by atoms with E-state index in [0.717, 1.165) is 23.6 Å². The Labute approximate surface area is 178 Å². The van der Waals surface area contributed by atoms with E-state index in [-0.39, 0.29) is 17.3 Å². The zero-order valence-corrected chi connectivity index (χ0v) is 16.8. The van der Waals surface area contributed by atoms with Crippen molar-refractivity contribution in [2.45, 2.75) is 31.9 Å². The minimum atomic E-state index is -1.09. The van der Waals surface area contributed by atoms with Crippen LogP contribution in [0.25, 0.3) is 10.8 Å². The molecule has 158 valence electrons. The summed E-state index contributed by atoms with van der Waals surface area (Å²) in [6.07, 6.45) is 0.837. The average Bonchev–Trinajstić information content (AvgIpc) is 3.58. The van der Waals surface area contributed by atoms with Crippen LogP contribution in [0.2, 0.25) is 0 Å². The molecule has 3 aromatic carbocycles. The molecule has 1 fully saturated rings. The summed E-state index contributed by atoms with van der Waals surface area (Å²) in [5, 5.41) is 19.1. The second-order valence-electron chi connectivity index (χ2n) is 7.47. The summed E-state index contributed by atoms with van der Waals surface area (Å²) in [5.41, 5.74) is 0.787. The standard InChI is InChI=1S/C23H21N3O5/c1-14(22(27)25-19-8-4-6-15-5-2-3-7-18(15)19)31-23(28)16-9-12-20(24-17-10-11-17)21(13-16)26(29)30/h2-9,12-14,17,24H,10-11H2,1H3,(H,25,27)/t14-/m0/s1. The second-order valence-corrected chi connectivity index (χ2v) is 7.47. The Morgan fingerprint density at radius 3 is 2.55 bits per heavy atom. The Balaban J connectivity index is 1.45. The Morgan fingerprint density at radius 1 is 1.06 bits per heavy atom. The molecule has 2 N–H and O–H groups in total. The van der Waals surface area contributed by atoms with Crippen LogP contribution in [0.4, 0.5) is 17.1 Å². The summed E-state index contributed by atoms with van der Waals surface area (Å²) in [4.78, 5) is 35.9. The summed E-state index contributed by atoms with van der Waals surface area (Å²) in [6, 6.07) is 17.5. The number of nitrogens with one attached hydrogen (secondary N) is 2. The van der Waals surface area contributed by atoms with E-state index in [1.807, 2.05) is 36.4 Å². The molecule has 1 aliphatic rings. The van der Waals surface area contributed by atoms with Crippen molar-refractivity contribution in [1.82, 2.24) is 0 Å². The van der Waals surface area contributed by atoms with E-state index in [1.165, 1.54) is 25.1 Å². The van der Waals surface area contributed by atoms with Crippen LogP contribution in [0.3, 0.4) is 0 Å². The summed E-state index contributed by atoms with van der Waals surface area (Å²) >= 11 is 0. The molecule has 0 heterocycles. The molecule has 0 aliphatic heterocycles. The average molecular weight is 419 g/mol. The van der Waals surface area contributed by atoms with Gasteiger partial charge in [-0.2, -0.15) is 0 Å². The van der Waals surface area contributed by atoms with Crippen molar-refractivity contribution in [3.8, 4) is 0 Å². The highest BCUT2D eigenvalue weighted by Crippen LogP contribution is 2.32. The first-order valence-electron chi connectivity index (χ1n) is 9.97. The van der Waals surface area contributed by atoms with E-state index in [4.69, 9.17) is 4.74 Å². The van der Waals surface area contributed by atoms with Crippen LogP contribution in [-0.2, 0) is 9.53 Å². The first-order chi connectivity index (χ1) is 14.9. The molecule has 1 aliphatic carbocycles. The molecule has 0 aromatic heterocycles. The molecule has 3 aromatic rings. The predicted molar refractivity (Wildman–Crippen MR) is 117 cm³/mol. The van der Waals surface area contributed by atoms with Gasteiger partial charge in [-0.15, -0.1) is 0 Å². The number of nitro benzene ring substituents is 1. The van der Waals surface area contributed by atoms with Crippen molar-refractivity contribution in [2.24, 2.45) is 0 Å². The number of amides is 1. The molecule has 8 nitrogen and oxygen atoms in total. The summed E-state index contributed by atoms with van der Waals surface area (Å²) in [6.45, 7) is 1.45. The van der Waals surface area contributed by atoms with Gasteiger partial charge in [-0.05, 0) is 43.4 Å². The molecule has 0 radical (unpaired) electrons. The topological polar surface area (TPSA) is 111 Å². The van der Waals surface area contributed by atoms with E-state index in [2.05, 4.69) is 10.6 Å². The maximum absolute atomic E-state index is 12.6. The van der Waals surface area contributed by atoms with Gasteiger partial charge in [0.1, 0.15) is 5.69 Å². The Kier molecular flexibility index (Phi) is 5.53. The van der Waals surface area contributed by atoms with Crippen LogP contribution in [-0.4, -0.2) is 28.9 Å². The number of rotatable bonds is 7. The first-order valence-corrected chi connectivity index (χ1v) is 9.97. The van der Waals surface area contributed by atoms with Gasteiger partial charge in [-0.25, -0.2) is 4.79 Å². The smallest absolute Gasteiger partial charge is 0.339 e. The van der Waals surface area contributed by atoms with Gasteiger partial charge in [0.05, 0.1) is 10.5 Å². The molecular weight excluding hydrogens is 398 g/mol. The van der Waals surface area contributed by atoms with Crippen molar-refractivity contribution in [2.75, 3.05) is 10.6 Å². The highest BCUT2D eigenvalue weighted by Gasteiger charge is 2.27. The zero-order valence-electron chi connectivity index (χ0n) is 16.8. The number of nitro groups is 1. The number of carbonyl (C=O) groups is 2. The van der Waals surface area contributed by atoms with E-state index >= 15 is 0 Å². The lowest BCUT2D eigenvalue weighted by atomic mass is 10.1. The third kappa shape index (κ3) is 4.63. The molecule has 0 bridgehead atoms. The van der Waals surface area contributed by atoms with E-state index in [9.17, 15) is 19.7 Å². The van der Waals surface area contributed by atoms with E-state index in [1.54, 1.807) is 6.07 Å². The van der Waals surface area contributed by atoms with Gasteiger partial charge in [0.15, 0.2) is 6.10 Å². The minimum absolute atomic E-state index is 0.0119. The maximum atomic E-state index is 12.6. The minimum Gasteiger partial charge on any atom is -0.449 e. The molecule has 0 spiro atoms. The number of nitrogens with zero attached hydrogens (tertiary/aromatic N) is 1. The van der Waals surface area contributed by atoms with Crippen molar-refractivity contribution in [3.63, 3.8) is 0 Å². The summed E-state index contributed by atoms with van der Waals surface area (Å²) in [7, 11) is 0. The third-order valence-corrected chi connectivity index (χ3v) is 5.07. The molecule has 8 heteroatoms. The summed E-state index contributed by atoms with van der Waals surface area (Å²) in [5.74, 6) is -1.30. The zero-order chi connectivity index (χ0) is 22.0. The number of hydrogen-bond donors (Lipinski definition) is 2. The fraction of sp³-hybridized carbons (Fsp3) is 0.217. The summed E-state index contributed by atoms with van der Waals surface area (Å²) < 4.78 is 5.26. The van der Waals surface area contributed by atoms with Gasteiger partial charge < -0.3 is 15.4 Å². The van der Waals surface area contributed by atoms with E-state index in [0.29, 0.717) is 11.4 Å². The normalized spacial score (nSPS) is 14.0. The van der Waals surface area contributed by atoms with E-state index < -0.39 is 22.9 Å². The molecule has 1 saturated carbocycles. The highest BCUT2D eigenvalue weighted by atomic mass is 16.6. The van der Waals surface area contributed by atoms with Crippen LogP contribution >= 0.6 is 0 Å². The van der Waals surface area contributed by atoms with Crippen molar-refractivity contribution in [1.29, 1.82) is 0 Å². The number of ether oxygens (including phenoxy) is 1. The van der Waals surface area contributed by atoms with Crippen LogP contribution in [0.1, 0.15) is 30.1 Å². The molecule has 0 unspecified atom stereocenters. The monoisotopic (exact) mass is 419 g/mol. The van der Waals surface area contributed by atoms with Gasteiger partial charge in [0.2, 0.25) is 0 Å². The van der Waals surface area contributed by atoms with Crippen LogP contribution in [0.15, 0.2) is 60.7 Å². The predicted octanol–water partition coefficient (Wildman–Crippen LogP) is 4.51. The van der Waals surface area contributed by atoms with Crippen LogP contribution < -0.4 is 10.6 Å². The fourth-order valence-electron chi connectivity index (χ4n) is 3.23. The van der Waals surface area contributed by atoms with Crippen molar-refractivity contribution < 1.29 is 19.2 Å². The van der Waals surface area contributed by atoms with Gasteiger partial charge in [-0.3, -0.25) is 14.9 Å². The SMILES string of the molecule is C[C@H](OC(=O)c1ccc(NC2CC2)c([N+](=O)[O-])c1)C(=O)Nc1cccc2ccccc12. The first kappa shape index (κ1) is 20.3. The molecular formula is C23H21N3O5. The molecule has 0 saturated heterocycles. The number of hydrogen-bond acceptors (Lipinski definition) is 6. The lowest BCUT2D eigenvalue weighted by Crippen LogP contribution is -2.30. The largest absolute Gasteiger partial charge is 0.449 e. The lowest BCUT2D eigenvalue weighted by molar-refractivity contribution is -0.384. The number of carbonyl (C=O) groups excluding carboxylic acids is 2. The number of fused-ring (bicyclic) bond motifs is 1. The fourth-order valence-corrected chi connectivity index (χ4v) is 3.23. The number of benzene rings is 3. The van der Waals surface area contributed by atoms with Crippen LogP contribution in [0.5, 0.6) is 0 Å². The van der Waals surface area contributed by atoms with Gasteiger partial charge in [0, 0.05) is 23.2 Å². The molecule has 31 heavy (non-hydrogen) atoms. The van der Waals surface area contributed by atoms with Crippen molar-refractivity contribution in [3.05, 3.63) is 76.3 Å². The second kappa shape index (κ2) is 8.43. The Bertz CT molecular complexity index is 1170. The quantitative estimate of drug-likeness (QED) is 0.331. The number of anilines is 2. The Morgan fingerprint density at radius 2 is 1.81 bits per heavy atom. The maximum Gasteiger partial charge on any atom is 0.339 e. The van der Waals surface area contributed by atoms with Crippen LogP contribution in [0, 0.1) is 10.1 Å². The van der Waals surface area contributed by atoms with Gasteiger partial charge in [0.25, 0.3) is 11.6 Å². The molecule has 4 rings (SSSR count). The lowest BCUT2D eigenvalue weighted by Gasteiger charge is -2.15. The molecule has 1 atom stereocenters. The Hall–Kier alpha value is -3.94. The highest BCUT2D eigenvalue weighted by molar-refractivity contribution is 6.04. The third-order valence-electron chi connectivity index (χ3n) is 5.07. The number of esters is 1. The van der Waals surface area contributed by atoms with Gasteiger partial charge >= 0.3 is 5.97 Å². The molecule has 1 amide bonds. The van der Waals surface area contributed by atoms with Crippen molar-refractivity contribution >= 4 is 39.7 Å².